The molecular formula is C40H55NO2. The highest BCUT2D eigenvalue weighted by Gasteiger charge is 2.23. The van der Waals surface area contributed by atoms with Gasteiger partial charge in [0.25, 0.3) is 0 Å². The van der Waals surface area contributed by atoms with Crippen LogP contribution in [0.2, 0.25) is 0 Å². The van der Waals surface area contributed by atoms with Crippen LogP contribution in [-0.4, -0.2) is 29.8 Å². The fraction of sp³-hybridized carbons (Fsp3) is 0.450. The van der Waals surface area contributed by atoms with Crippen LogP contribution in [0.3, 0.4) is 0 Å². The van der Waals surface area contributed by atoms with Crippen molar-refractivity contribution in [1.82, 2.24) is 4.90 Å². The lowest BCUT2D eigenvalue weighted by atomic mass is 9.96. The van der Waals surface area contributed by atoms with E-state index in [1.165, 1.54) is 38.9 Å². The average Bonchev–Trinajstić information content (AvgIpc) is 2.93. The molecule has 0 N–H and O–H groups in total. The van der Waals surface area contributed by atoms with Crippen molar-refractivity contribution in [2.45, 2.75) is 104 Å². The standard InChI is InChI=1S/C40H55NO2/c1-9-14-32-17-12-19-36(23-32)29-41(31-38-25-33(15-10-2)24-34(26-38)16-11-3)30-37-20-13-18-35(27-37)28-40(6,7)43-22-21-39(4,5)42-8/h10-13,17-20,23-27H,2-3,9,14-16,21-22,28-31H2,1,4-8H3. The minimum Gasteiger partial charge on any atom is -0.379 e. The maximum atomic E-state index is 6.34. The molecule has 0 spiro atoms. The summed E-state index contributed by atoms with van der Waals surface area (Å²) in [6.07, 6.45) is 9.73. The summed E-state index contributed by atoms with van der Waals surface area (Å²) in [5.41, 5.74) is 8.95. The summed E-state index contributed by atoms with van der Waals surface area (Å²) < 4.78 is 11.9. The minimum absolute atomic E-state index is 0.173. The van der Waals surface area contributed by atoms with E-state index in [0.717, 1.165) is 58.2 Å². The molecule has 0 aliphatic rings. The van der Waals surface area contributed by atoms with Gasteiger partial charge in [-0.15, -0.1) is 13.2 Å². The van der Waals surface area contributed by atoms with Crippen molar-refractivity contribution in [2.75, 3.05) is 13.7 Å². The third-order valence-electron chi connectivity index (χ3n) is 7.99. The van der Waals surface area contributed by atoms with E-state index in [9.17, 15) is 0 Å². The van der Waals surface area contributed by atoms with Crippen LogP contribution >= 0.6 is 0 Å². The molecule has 3 aromatic carbocycles. The third-order valence-corrected chi connectivity index (χ3v) is 7.99. The van der Waals surface area contributed by atoms with E-state index in [1.54, 1.807) is 7.11 Å². The zero-order chi connectivity index (χ0) is 31.3. The summed E-state index contributed by atoms with van der Waals surface area (Å²) in [7, 11) is 1.76. The van der Waals surface area contributed by atoms with Crippen LogP contribution in [0, 0.1) is 0 Å². The summed E-state index contributed by atoms with van der Waals surface area (Å²) in [4.78, 5) is 2.57. The lowest BCUT2D eigenvalue weighted by Gasteiger charge is -2.29. The van der Waals surface area contributed by atoms with Gasteiger partial charge in [-0.3, -0.25) is 4.90 Å². The molecule has 0 saturated heterocycles. The number of hydrogen-bond acceptors (Lipinski definition) is 3. The van der Waals surface area contributed by atoms with Gasteiger partial charge < -0.3 is 9.47 Å². The van der Waals surface area contributed by atoms with E-state index in [1.807, 2.05) is 12.2 Å². The van der Waals surface area contributed by atoms with Crippen molar-refractivity contribution in [3.05, 3.63) is 131 Å². The number of aryl methyl sites for hydroxylation is 1. The molecule has 0 aliphatic carbocycles. The first-order valence-electron chi connectivity index (χ1n) is 16.0. The number of nitrogens with zero attached hydrogens (tertiary/aromatic N) is 1. The van der Waals surface area contributed by atoms with E-state index in [0.29, 0.717) is 6.61 Å². The summed E-state index contributed by atoms with van der Waals surface area (Å²) in [6, 6.07) is 25.1. The largest absolute Gasteiger partial charge is 0.379 e. The summed E-state index contributed by atoms with van der Waals surface area (Å²) >= 11 is 0. The van der Waals surface area contributed by atoms with Gasteiger partial charge in [0.05, 0.1) is 17.8 Å². The van der Waals surface area contributed by atoms with Gasteiger partial charge in [0.1, 0.15) is 0 Å². The zero-order valence-electron chi connectivity index (χ0n) is 27.8. The van der Waals surface area contributed by atoms with Gasteiger partial charge in [-0.25, -0.2) is 0 Å². The van der Waals surface area contributed by atoms with Crippen LogP contribution < -0.4 is 0 Å². The molecule has 232 valence electrons. The summed E-state index contributed by atoms with van der Waals surface area (Å²) in [5.74, 6) is 0. The maximum absolute atomic E-state index is 6.34. The Balaban J connectivity index is 1.82. The second-order valence-corrected chi connectivity index (χ2v) is 13.2. The number of ether oxygens (including phenoxy) is 2. The fourth-order valence-electron chi connectivity index (χ4n) is 5.67. The van der Waals surface area contributed by atoms with Gasteiger partial charge in [0.2, 0.25) is 0 Å². The molecule has 3 nitrogen and oxygen atoms in total. The lowest BCUT2D eigenvalue weighted by Crippen LogP contribution is -2.31. The van der Waals surface area contributed by atoms with E-state index in [-0.39, 0.29) is 11.2 Å². The van der Waals surface area contributed by atoms with Crippen LogP contribution in [0.15, 0.2) is 92.0 Å². The number of benzene rings is 3. The number of rotatable bonds is 19. The molecule has 43 heavy (non-hydrogen) atoms. The molecular weight excluding hydrogens is 526 g/mol. The Labute approximate surface area is 262 Å². The highest BCUT2D eigenvalue weighted by Crippen LogP contribution is 2.23. The number of allylic oxidation sites excluding steroid dienone is 2. The quantitative estimate of drug-likeness (QED) is 0.132. The normalized spacial score (nSPS) is 12.1. The van der Waals surface area contributed by atoms with Crippen molar-refractivity contribution in [3.63, 3.8) is 0 Å². The molecule has 0 atom stereocenters. The summed E-state index contributed by atoms with van der Waals surface area (Å²) in [5, 5.41) is 0. The fourth-order valence-corrected chi connectivity index (χ4v) is 5.67. The Morgan fingerprint density at radius 3 is 1.72 bits per heavy atom. The second kappa shape index (κ2) is 16.8. The van der Waals surface area contributed by atoms with Crippen molar-refractivity contribution in [1.29, 1.82) is 0 Å². The Morgan fingerprint density at radius 2 is 1.16 bits per heavy atom. The van der Waals surface area contributed by atoms with Crippen LogP contribution in [0.1, 0.15) is 86.4 Å². The van der Waals surface area contributed by atoms with Crippen molar-refractivity contribution < 1.29 is 9.47 Å². The van der Waals surface area contributed by atoms with Gasteiger partial charge in [0.15, 0.2) is 0 Å². The molecule has 0 amide bonds. The molecule has 3 rings (SSSR count). The number of methoxy groups -OCH3 is 1. The molecule has 0 heterocycles. The average molecular weight is 582 g/mol. The molecule has 0 aromatic heterocycles. The van der Waals surface area contributed by atoms with E-state index >= 15 is 0 Å². The first-order chi connectivity index (χ1) is 20.5. The van der Waals surface area contributed by atoms with Gasteiger partial charge in [-0.1, -0.05) is 92.2 Å². The molecule has 3 heteroatoms. The van der Waals surface area contributed by atoms with Crippen LogP contribution in [0.5, 0.6) is 0 Å². The van der Waals surface area contributed by atoms with Crippen molar-refractivity contribution in [3.8, 4) is 0 Å². The SMILES string of the molecule is C=CCc1cc(CC=C)cc(CN(Cc2cccc(CCC)c2)Cc2cccc(CC(C)(C)OCCC(C)(C)OC)c2)c1. The van der Waals surface area contributed by atoms with Crippen LogP contribution in [0.4, 0.5) is 0 Å². The third kappa shape index (κ3) is 12.3. The monoisotopic (exact) mass is 581 g/mol. The van der Waals surface area contributed by atoms with Crippen molar-refractivity contribution >= 4 is 0 Å². The summed E-state index contributed by atoms with van der Waals surface area (Å²) in [6.45, 7) is 22.1. The Hall–Kier alpha value is -2.98. The van der Waals surface area contributed by atoms with E-state index in [2.05, 4.69) is 119 Å². The van der Waals surface area contributed by atoms with Crippen LogP contribution in [0.25, 0.3) is 0 Å². The predicted molar refractivity (Wildman–Crippen MR) is 184 cm³/mol. The van der Waals surface area contributed by atoms with Crippen LogP contribution in [-0.2, 0) is 54.8 Å². The van der Waals surface area contributed by atoms with E-state index in [4.69, 9.17) is 9.47 Å². The maximum Gasteiger partial charge on any atom is 0.0666 e. The van der Waals surface area contributed by atoms with E-state index < -0.39 is 0 Å². The Bertz CT molecular complexity index is 1280. The first-order valence-corrected chi connectivity index (χ1v) is 16.0. The molecule has 3 aromatic rings. The van der Waals surface area contributed by atoms with Crippen molar-refractivity contribution in [2.24, 2.45) is 0 Å². The number of hydrogen-bond donors (Lipinski definition) is 0. The second-order valence-electron chi connectivity index (χ2n) is 13.2. The first kappa shape index (κ1) is 34.5. The minimum atomic E-state index is -0.255. The molecule has 0 fully saturated rings. The van der Waals surface area contributed by atoms with Gasteiger partial charge in [-0.2, -0.15) is 0 Å². The van der Waals surface area contributed by atoms with Gasteiger partial charge in [0, 0.05) is 33.2 Å². The topological polar surface area (TPSA) is 21.7 Å². The van der Waals surface area contributed by atoms with Gasteiger partial charge >= 0.3 is 0 Å². The molecule has 0 saturated carbocycles. The smallest absolute Gasteiger partial charge is 0.0666 e. The molecule has 0 bridgehead atoms. The highest BCUT2D eigenvalue weighted by molar-refractivity contribution is 5.33. The highest BCUT2D eigenvalue weighted by atomic mass is 16.5. The van der Waals surface area contributed by atoms with Gasteiger partial charge in [-0.05, 0) is 92.3 Å². The predicted octanol–water partition coefficient (Wildman–Crippen LogP) is 9.45. The lowest BCUT2D eigenvalue weighted by molar-refractivity contribution is -0.0574. The Morgan fingerprint density at radius 1 is 0.674 bits per heavy atom. The zero-order valence-corrected chi connectivity index (χ0v) is 27.8. The molecule has 0 unspecified atom stereocenters. The molecule has 0 radical (unpaired) electrons. The Kier molecular flexibility index (Phi) is 13.4. The molecule has 0 aliphatic heterocycles.